The number of benzene rings is 2. The van der Waals surface area contributed by atoms with Gasteiger partial charge < -0.3 is 30.2 Å². The van der Waals surface area contributed by atoms with E-state index in [-0.39, 0.29) is 46.8 Å². The SMILES string of the molecule is CNC(=O)c1cccc(C(=O)/C(C#N)=C(/Nc2ccc3oc(C)cc3c2)N[C@H]2CCCCN(CC(=O)N3CCCC3)C2=O)c1. The summed E-state index contributed by atoms with van der Waals surface area (Å²) in [5.41, 5.74) is 1.43. The second kappa shape index (κ2) is 13.5. The van der Waals surface area contributed by atoms with E-state index in [2.05, 4.69) is 16.0 Å². The summed E-state index contributed by atoms with van der Waals surface area (Å²) in [6.45, 7) is 3.70. The highest BCUT2D eigenvalue weighted by molar-refractivity contribution is 6.13. The molecule has 1 atom stereocenters. The molecule has 3 heterocycles. The van der Waals surface area contributed by atoms with E-state index < -0.39 is 11.8 Å². The van der Waals surface area contributed by atoms with Gasteiger partial charge in [0.2, 0.25) is 17.6 Å². The number of nitrogens with zero attached hydrogens (tertiary/aromatic N) is 3. The van der Waals surface area contributed by atoms with Crippen LogP contribution in [0.15, 0.2) is 64.3 Å². The minimum atomic E-state index is -0.778. The Bertz CT molecular complexity index is 1660. The molecular formula is C33H36N6O5. The largest absolute Gasteiger partial charge is 0.461 e. The number of Topliss-reactive ketones (excluding diaryl/α,β-unsaturated/α-hetero) is 1. The van der Waals surface area contributed by atoms with Crippen LogP contribution in [0.3, 0.4) is 0 Å². The molecular weight excluding hydrogens is 560 g/mol. The third kappa shape index (κ3) is 6.75. The Balaban J connectivity index is 1.49. The average molecular weight is 597 g/mol. The summed E-state index contributed by atoms with van der Waals surface area (Å²) in [5.74, 6) is -0.513. The monoisotopic (exact) mass is 596 g/mol. The molecule has 0 aliphatic carbocycles. The molecule has 2 saturated heterocycles. The zero-order chi connectivity index (χ0) is 31.2. The van der Waals surface area contributed by atoms with Crippen molar-refractivity contribution in [3.63, 3.8) is 0 Å². The van der Waals surface area contributed by atoms with Gasteiger partial charge in [-0.05, 0) is 75.4 Å². The molecule has 3 amide bonds. The summed E-state index contributed by atoms with van der Waals surface area (Å²) in [7, 11) is 1.49. The molecule has 0 radical (unpaired) electrons. The number of nitrogens with one attached hydrogen (secondary N) is 3. The van der Waals surface area contributed by atoms with E-state index in [1.54, 1.807) is 34.1 Å². The predicted molar refractivity (Wildman–Crippen MR) is 165 cm³/mol. The molecule has 0 unspecified atom stereocenters. The highest BCUT2D eigenvalue weighted by Crippen LogP contribution is 2.25. The molecule has 11 heteroatoms. The van der Waals surface area contributed by atoms with Crippen LogP contribution in [0.4, 0.5) is 5.69 Å². The molecule has 0 spiro atoms. The number of furan rings is 1. The first kappa shape index (κ1) is 30.4. The molecule has 3 aromatic rings. The lowest BCUT2D eigenvalue weighted by Gasteiger charge is -2.28. The standard InChI is InChI=1S/C33H36N6O5/c1-21-16-24-18-25(11-12-28(24)44-21)36-31(26(19-34)30(41)22-8-7-9-23(17-22)32(42)35-2)37-27-10-3-4-15-39(33(27)43)20-29(40)38-13-5-6-14-38/h7-9,11-12,16-18,27,36-37H,3-6,10,13-15,20H2,1-2H3,(H,35,42)/b31-26-/t27-/m0/s1. The highest BCUT2D eigenvalue weighted by atomic mass is 16.3. The van der Waals surface area contributed by atoms with Crippen LogP contribution >= 0.6 is 0 Å². The molecule has 2 aromatic carbocycles. The average Bonchev–Trinajstić information content (AvgIpc) is 3.67. The van der Waals surface area contributed by atoms with Crippen LogP contribution in [0.2, 0.25) is 0 Å². The van der Waals surface area contributed by atoms with Crippen LogP contribution in [0.1, 0.15) is 58.6 Å². The number of aryl methyl sites for hydroxylation is 1. The van der Waals surface area contributed by atoms with Crippen molar-refractivity contribution in [1.82, 2.24) is 20.4 Å². The Morgan fingerprint density at radius 3 is 2.50 bits per heavy atom. The Morgan fingerprint density at radius 2 is 1.75 bits per heavy atom. The molecule has 2 aliphatic heterocycles. The first-order valence-electron chi connectivity index (χ1n) is 14.9. The van der Waals surface area contributed by atoms with Gasteiger partial charge in [0.05, 0.1) is 6.54 Å². The van der Waals surface area contributed by atoms with E-state index in [1.807, 2.05) is 25.1 Å². The van der Waals surface area contributed by atoms with Crippen LogP contribution in [-0.2, 0) is 9.59 Å². The zero-order valence-corrected chi connectivity index (χ0v) is 24.9. The van der Waals surface area contributed by atoms with Crippen molar-refractivity contribution in [2.45, 2.75) is 45.1 Å². The van der Waals surface area contributed by atoms with Crippen molar-refractivity contribution in [3.05, 3.63) is 76.8 Å². The number of anilines is 1. The van der Waals surface area contributed by atoms with E-state index in [1.165, 1.54) is 19.2 Å². The topological polar surface area (TPSA) is 148 Å². The minimum absolute atomic E-state index is 0.00365. The number of fused-ring (bicyclic) bond motifs is 1. The van der Waals surface area contributed by atoms with Crippen LogP contribution < -0.4 is 16.0 Å². The Labute approximate surface area is 255 Å². The van der Waals surface area contributed by atoms with Crippen molar-refractivity contribution in [2.75, 3.05) is 38.5 Å². The Hall–Kier alpha value is -5.11. The second-order valence-corrected chi connectivity index (χ2v) is 11.1. The van der Waals surface area contributed by atoms with Crippen LogP contribution in [0.25, 0.3) is 11.0 Å². The van der Waals surface area contributed by atoms with Crippen molar-refractivity contribution in [2.24, 2.45) is 0 Å². The number of allylic oxidation sites excluding steroid dienone is 1. The fourth-order valence-corrected chi connectivity index (χ4v) is 5.68. The molecule has 2 fully saturated rings. The predicted octanol–water partition coefficient (Wildman–Crippen LogP) is 3.72. The van der Waals surface area contributed by atoms with Gasteiger partial charge in [-0.3, -0.25) is 19.2 Å². The van der Waals surface area contributed by atoms with Gasteiger partial charge >= 0.3 is 0 Å². The second-order valence-electron chi connectivity index (χ2n) is 11.1. The van der Waals surface area contributed by atoms with Gasteiger partial charge in [-0.1, -0.05) is 12.1 Å². The van der Waals surface area contributed by atoms with Gasteiger partial charge in [0.15, 0.2) is 0 Å². The lowest BCUT2D eigenvalue weighted by atomic mass is 10.0. The summed E-state index contributed by atoms with van der Waals surface area (Å²) >= 11 is 0. The number of carbonyl (C=O) groups is 4. The number of rotatable bonds is 9. The van der Waals surface area contributed by atoms with E-state index in [4.69, 9.17) is 4.42 Å². The highest BCUT2D eigenvalue weighted by Gasteiger charge is 2.32. The third-order valence-electron chi connectivity index (χ3n) is 8.00. The van der Waals surface area contributed by atoms with E-state index in [0.29, 0.717) is 37.3 Å². The normalized spacial score (nSPS) is 17.5. The lowest BCUT2D eigenvalue weighted by molar-refractivity contribution is -0.140. The first-order valence-corrected chi connectivity index (χ1v) is 14.9. The fourth-order valence-electron chi connectivity index (χ4n) is 5.68. The van der Waals surface area contributed by atoms with Crippen LogP contribution in [0.5, 0.6) is 0 Å². The molecule has 3 N–H and O–H groups in total. The quantitative estimate of drug-likeness (QED) is 0.192. The fraction of sp³-hybridized carbons (Fsp3) is 0.364. The molecule has 5 rings (SSSR count). The Kier molecular flexibility index (Phi) is 9.29. The first-order chi connectivity index (χ1) is 21.3. The molecule has 11 nitrogen and oxygen atoms in total. The molecule has 0 saturated carbocycles. The molecule has 44 heavy (non-hydrogen) atoms. The zero-order valence-electron chi connectivity index (χ0n) is 24.9. The number of likely N-dealkylation sites (tertiary alicyclic amines) is 2. The molecule has 0 bridgehead atoms. The number of hydrogen-bond acceptors (Lipinski definition) is 8. The number of nitriles is 1. The van der Waals surface area contributed by atoms with E-state index in [0.717, 1.165) is 36.8 Å². The maximum absolute atomic E-state index is 13.8. The van der Waals surface area contributed by atoms with Crippen LogP contribution in [0, 0.1) is 18.3 Å². The van der Waals surface area contributed by atoms with Gasteiger partial charge in [0, 0.05) is 48.9 Å². The molecule has 228 valence electrons. The minimum Gasteiger partial charge on any atom is -0.461 e. The number of carbonyl (C=O) groups excluding carboxylic acids is 4. The summed E-state index contributed by atoms with van der Waals surface area (Å²) < 4.78 is 5.69. The van der Waals surface area contributed by atoms with Crippen molar-refractivity contribution in [1.29, 1.82) is 5.26 Å². The summed E-state index contributed by atoms with van der Waals surface area (Å²) in [6.07, 6.45) is 3.83. The van der Waals surface area contributed by atoms with E-state index in [9.17, 15) is 24.4 Å². The van der Waals surface area contributed by atoms with Gasteiger partial charge in [0.1, 0.15) is 34.8 Å². The van der Waals surface area contributed by atoms with Crippen molar-refractivity contribution in [3.8, 4) is 6.07 Å². The van der Waals surface area contributed by atoms with E-state index >= 15 is 0 Å². The van der Waals surface area contributed by atoms with Gasteiger partial charge in [-0.2, -0.15) is 5.26 Å². The number of amides is 3. The van der Waals surface area contributed by atoms with Crippen LogP contribution in [-0.4, -0.2) is 72.6 Å². The maximum atomic E-state index is 13.8. The summed E-state index contributed by atoms with van der Waals surface area (Å²) in [4.78, 5) is 56.1. The molecule has 1 aromatic heterocycles. The molecule has 2 aliphatic rings. The summed E-state index contributed by atoms with van der Waals surface area (Å²) in [6, 6.07) is 14.6. The maximum Gasteiger partial charge on any atom is 0.251 e. The van der Waals surface area contributed by atoms with Gasteiger partial charge in [0.25, 0.3) is 5.91 Å². The third-order valence-corrected chi connectivity index (χ3v) is 8.00. The van der Waals surface area contributed by atoms with Gasteiger partial charge in [-0.25, -0.2) is 0 Å². The van der Waals surface area contributed by atoms with Crippen molar-refractivity contribution >= 4 is 40.2 Å². The Morgan fingerprint density at radius 1 is 1.00 bits per heavy atom. The smallest absolute Gasteiger partial charge is 0.251 e. The van der Waals surface area contributed by atoms with Gasteiger partial charge in [-0.15, -0.1) is 0 Å². The summed E-state index contributed by atoms with van der Waals surface area (Å²) in [5, 5.41) is 20.0. The number of hydrogen-bond donors (Lipinski definition) is 3. The van der Waals surface area contributed by atoms with Crippen molar-refractivity contribution < 1.29 is 23.6 Å². The lowest BCUT2D eigenvalue weighted by Crippen LogP contribution is -2.49. The number of ketones is 1.